The predicted octanol–water partition coefficient (Wildman–Crippen LogP) is 2.75. The molecule has 3 rings (SSSR count). The standard InChI is InChI=1S/C18H20N2O2/c1-12-9-15-4-3-13(11-19)10-17(15)20(12)18(21)14-5-7-16(22-2)8-6-14/h3-8,10,12H,9,11,19H2,1-2H3. The summed E-state index contributed by atoms with van der Waals surface area (Å²) in [6.45, 7) is 2.55. The fraction of sp³-hybridized carbons (Fsp3) is 0.278. The maximum absolute atomic E-state index is 12.9. The molecule has 0 spiro atoms. The summed E-state index contributed by atoms with van der Waals surface area (Å²) in [5, 5.41) is 0. The Labute approximate surface area is 130 Å². The highest BCUT2D eigenvalue weighted by Crippen LogP contribution is 2.34. The van der Waals surface area contributed by atoms with Crippen LogP contribution in [0.5, 0.6) is 5.75 Å². The molecule has 1 heterocycles. The molecule has 0 aromatic heterocycles. The van der Waals surface area contributed by atoms with Crippen LogP contribution in [0.15, 0.2) is 42.5 Å². The number of hydrogen-bond acceptors (Lipinski definition) is 3. The zero-order chi connectivity index (χ0) is 15.7. The van der Waals surface area contributed by atoms with Gasteiger partial charge in [0.15, 0.2) is 0 Å². The minimum atomic E-state index is 0.0167. The average Bonchev–Trinajstić information content (AvgIpc) is 2.89. The van der Waals surface area contributed by atoms with Gasteiger partial charge in [-0.25, -0.2) is 0 Å². The third kappa shape index (κ3) is 2.46. The number of benzene rings is 2. The quantitative estimate of drug-likeness (QED) is 0.947. The number of carbonyl (C=O) groups excluding carboxylic acids is 1. The molecule has 1 aliphatic rings. The van der Waals surface area contributed by atoms with E-state index in [-0.39, 0.29) is 11.9 Å². The smallest absolute Gasteiger partial charge is 0.258 e. The highest BCUT2D eigenvalue weighted by Gasteiger charge is 2.31. The molecule has 0 bridgehead atoms. The molecular weight excluding hydrogens is 276 g/mol. The largest absolute Gasteiger partial charge is 0.497 e. The summed E-state index contributed by atoms with van der Waals surface area (Å²) in [6.07, 6.45) is 0.877. The number of rotatable bonds is 3. The molecule has 0 radical (unpaired) electrons. The van der Waals surface area contributed by atoms with Crippen molar-refractivity contribution in [3.05, 3.63) is 59.2 Å². The van der Waals surface area contributed by atoms with Crippen molar-refractivity contribution in [1.29, 1.82) is 0 Å². The van der Waals surface area contributed by atoms with Gasteiger partial charge in [0.25, 0.3) is 5.91 Å². The third-order valence-electron chi connectivity index (χ3n) is 4.16. The van der Waals surface area contributed by atoms with E-state index in [0.717, 1.165) is 23.4 Å². The first kappa shape index (κ1) is 14.6. The van der Waals surface area contributed by atoms with Crippen LogP contribution in [-0.2, 0) is 13.0 Å². The molecular formula is C18H20N2O2. The topological polar surface area (TPSA) is 55.6 Å². The van der Waals surface area contributed by atoms with Gasteiger partial charge in [-0.3, -0.25) is 4.79 Å². The monoisotopic (exact) mass is 296 g/mol. The maximum Gasteiger partial charge on any atom is 0.258 e. The number of nitrogens with zero attached hydrogens (tertiary/aromatic N) is 1. The van der Waals surface area contributed by atoms with Gasteiger partial charge in [-0.15, -0.1) is 0 Å². The second kappa shape index (κ2) is 5.81. The predicted molar refractivity (Wildman–Crippen MR) is 87.3 cm³/mol. The molecule has 0 saturated heterocycles. The molecule has 4 nitrogen and oxygen atoms in total. The van der Waals surface area contributed by atoms with E-state index in [2.05, 4.69) is 13.0 Å². The van der Waals surface area contributed by atoms with Crippen LogP contribution in [0.3, 0.4) is 0 Å². The Morgan fingerprint density at radius 2 is 2.00 bits per heavy atom. The number of anilines is 1. The first-order chi connectivity index (χ1) is 10.6. The van der Waals surface area contributed by atoms with Crippen molar-refractivity contribution in [2.24, 2.45) is 5.73 Å². The summed E-state index contributed by atoms with van der Waals surface area (Å²) in [5.41, 5.74) is 9.62. The number of hydrogen-bond donors (Lipinski definition) is 1. The van der Waals surface area contributed by atoms with Gasteiger partial charge in [0.2, 0.25) is 0 Å². The lowest BCUT2D eigenvalue weighted by molar-refractivity contribution is 0.0981. The summed E-state index contributed by atoms with van der Waals surface area (Å²) in [6, 6.07) is 13.5. The van der Waals surface area contributed by atoms with Crippen LogP contribution in [-0.4, -0.2) is 19.1 Å². The highest BCUT2D eigenvalue weighted by atomic mass is 16.5. The van der Waals surface area contributed by atoms with Crippen molar-refractivity contribution in [3.63, 3.8) is 0 Å². The van der Waals surface area contributed by atoms with Gasteiger partial charge in [-0.05, 0) is 54.8 Å². The van der Waals surface area contributed by atoms with Gasteiger partial charge in [0.05, 0.1) is 7.11 Å². The molecule has 1 unspecified atom stereocenters. The Kier molecular flexibility index (Phi) is 3.86. The van der Waals surface area contributed by atoms with E-state index >= 15 is 0 Å². The van der Waals surface area contributed by atoms with Crippen LogP contribution in [0.1, 0.15) is 28.4 Å². The fourth-order valence-electron chi connectivity index (χ4n) is 2.96. The Bertz CT molecular complexity index is 695. The highest BCUT2D eigenvalue weighted by molar-refractivity contribution is 6.07. The minimum absolute atomic E-state index is 0.0167. The molecule has 0 aliphatic carbocycles. The van der Waals surface area contributed by atoms with Gasteiger partial charge >= 0.3 is 0 Å². The van der Waals surface area contributed by atoms with Crippen molar-refractivity contribution in [3.8, 4) is 5.75 Å². The van der Waals surface area contributed by atoms with Crippen LogP contribution >= 0.6 is 0 Å². The third-order valence-corrected chi connectivity index (χ3v) is 4.16. The minimum Gasteiger partial charge on any atom is -0.497 e. The van der Waals surface area contributed by atoms with Crippen molar-refractivity contribution in [2.45, 2.75) is 25.9 Å². The van der Waals surface area contributed by atoms with Crippen LogP contribution in [0.2, 0.25) is 0 Å². The summed E-state index contributed by atoms with van der Waals surface area (Å²) in [7, 11) is 1.62. The molecule has 22 heavy (non-hydrogen) atoms. The van der Waals surface area contributed by atoms with E-state index in [0.29, 0.717) is 12.1 Å². The normalized spacial score (nSPS) is 16.5. The van der Waals surface area contributed by atoms with Gasteiger partial charge in [-0.1, -0.05) is 12.1 Å². The van der Waals surface area contributed by atoms with Gasteiger partial charge in [0.1, 0.15) is 5.75 Å². The SMILES string of the molecule is COc1ccc(C(=O)N2c3cc(CN)ccc3CC2C)cc1. The van der Waals surface area contributed by atoms with Gasteiger partial charge in [0, 0.05) is 23.8 Å². The van der Waals surface area contributed by atoms with Crippen LogP contribution in [0.25, 0.3) is 0 Å². The molecule has 2 N–H and O–H groups in total. The van der Waals surface area contributed by atoms with Crippen molar-refractivity contribution in [2.75, 3.05) is 12.0 Å². The number of ether oxygens (including phenoxy) is 1. The Hall–Kier alpha value is -2.33. The molecule has 114 valence electrons. The van der Waals surface area contributed by atoms with E-state index in [1.165, 1.54) is 5.56 Å². The lowest BCUT2D eigenvalue weighted by atomic mass is 10.1. The first-order valence-electron chi connectivity index (χ1n) is 7.43. The second-order valence-corrected chi connectivity index (χ2v) is 5.62. The van der Waals surface area contributed by atoms with Gasteiger partial charge in [-0.2, -0.15) is 0 Å². The van der Waals surface area contributed by atoms with Crippen LogP contribution in [0.4, 0.5) is 5.69 Å². The van der Waals surface area contributed by atoms with E-state index in [9.17, 15) is 4.79 Å². The number of nitrogens with two attached hydrogens (primary N) is 1. The number of carbonyl (C=O) groups is 1. The molecule has 2 aromatic rings. The molecule has 0 saturated carbocycles. The van der Waals surface area contributed by atoms with E-state index in [1.807, 2.05) is 29.2 Å². The molecule has 1 amide bonds. The number of fused-ring (bicyclic) bond motifs is 1. The average molecular weight is 296 g/mol. The van der Waals surface area contributed by atoms with Crippen molar-refractivity contribution >= 4 is 11.6 Å². The first-order valence-corrected chi connectivity index (χ1v) is 7.43. The van der Waals surface area contributed by atoms with Crippen molar-refractivity contribution < 1.29 is 9.53 Å². The molecule has 2 aromatic carbocycles. The lowest BCUT2D eigenvalue weighted by Crippen LogP contribution is -2.35. The van der Waals surface area contributed by atoms with Crippen molar-refractivity contribution in [1.82, 2.24) is 0 Å². The summed E-state index contributed by atoms with van der Waals surface area (Å²) in [5.74, 6) is 0.764. The summed E-state index contributed by atoms with van der Waals surface area (Å²) < 4.78 is 5.14. The second-order valence-electron chi connectivity index (χ2n) is 5.62. The molecule has 1 atom stereocenters. The van der Waals surface area contributed by atoms with E-state index in [4.69, 9.17) is 10.5 Å². The number of methoxy groups -OCH3 is 1. The van der Waals surface area contributed by atoms with E-state index < -0.39 is 0 Å². The Morgan fingerprint density at radius 3 is 2.64 bits per heavy atom. The molecule has 4 heteroatoms. The number of amides is 1. The molecule has 1 aliphatic heterocycles. The lowest BCUT2D eigenvalue weighted by Gasteiger charge is -2.23. The van der Waals surface area contributed by atoms with Crippen LogP contribution in [0, 0.1) is 0 Å². The van der Waals surface area contributed by atoms with Crippen LogP contribution < -0.4 is 15.4 Å². The Morgan fingerprint density at radius 1 is 1.27 bits per heavy atom. The molecule has 0 fully saturated rings. The Balaban J connectivity index is 1.95. The summed E-state index contributed by atoms with van der Waals surface area (Å²) >= 11 is 0. The maximum atomic E-state index is 12.9. The summed E-state index contributed by atoms with van der Waals surface area (Å²) in [4.78, 5) is 14.7. The fourth-order valence-corrected chi connectivity index (χ4v) is 2.96. The van der Waals surface area contributed by atoms with Gasteiger partial charge < -0.3 is 15.4 Å². The zero-order valence-electron chi connectivity index (χ0n) is 12.9. The van der Waals surface area contributed by atoms with E-state index in [1.54, 1.807) is 19.2 Å². The zero-order valence-corrected chi connectivity index (χ0v) is 12.9.